The quantitative estimate of drug-likeness (QED) is 0.272. The van der Waals surface area contributed by atoms with Gasteiger partial charge in [-0.25, -0.2) is 0 Å². The van der Waals surface area contributed by atoms with Crippen molar-refractivity contribution in [2.45, 2.75) is 50.9 Å². The number of allylic oxidation sites excluding steroid dienone is 6. The summed E-state index contributed by atoms with van der Waals surface area (Å²) in [7, 11) is 0. The zero-order valence-corrected chi connectivity index (χ0v) is 23.0. The van der Waals surface area contributed by atoms with Crippen molar-refractivity contribution >= 4 is 40.1 Å². The average Bonchev–Trinajstić information content (AvgIpc) is 3.03. The highest BCUT2D eigenvalue weighted by atomic mass is 14.3. The van der Waals surface area contributed by atoms with Crippen LogP contribution in [0.4, 0.5) is 0 Å². The number of hydrogen-bond donors (Lipinski definition) is 0. The van der Waals surface area contributed by atoms with E-state index in [1.807, 2.05) is 0 Å². The van der Waals surface area contributed by atoms with Crippen LogP contribution in [-0.4, -0.2) is 0 Å². The van der Waals surface area contributed by atoms with Crippen LogP contribution in [0.3, 0.4) is 0 Å². The van der Waals surface area contributed by atoms with E-state index in [0.29, 0.717) is 5.92 Å². The molecule has 0 heteroatoms. The Hall–Kier alpha value is -4.16. The lowest BCUT2D eigenvalue weighted by Crippen LogP contribution is -2.38. The van der Waals surface area contributed by atoms with Crippen LogP contribution >= 0.6 is 0 Å². The van der Waals surface area contributed by atoms with E-state index in [4.69, 9.17) is 0 Å². The highest BCUT2D eigenvalue weighted by Crippen LogP contribution is 2.45. The summed E-state index contributed by atoms with van der Waals surface area (Å²) in [5.41, 5.74) is 10.5. The summed E-state index contributed by atoms with van der Waals surface area (Å²) in [6.45, 7) is 0. The van der Waals surface area contributed by atoms with Gasteiger partial charge >= 0.3 is 0 Å². The molecule has 0 heterocycles. The van der Waals surface area contributed by atoms with Gasteiger partial charge in [0.05, 0.1) is 0 Å². The molecular formula is C40H34. The van der Waals surface area contributed by atoms with Crippen LogP contribution in [0.25, 0.3) is 40.1 Å². The van der Waals surface area contributed by atoms with Gasteiger partial charge in [-0.1, -0.05) is 115 Å². The molecule has 0 saturated heterocycles. The molecule has 1 atom stereocenters. The maximum absolute atomic E-state index is 2.59. The largest absolute Gasteiger partial charge is 0.0839 e. The van der Waals surface area contributed by atoms with Crippen molar-refractivity contribution in [2.75, 3.05) is 0 Å². The molecule has 0 nitrogen and oxygen atoms in total. The third kappa shape index (κ3) is 3.81. The van der Waals surface area contributed by atoms with Crippen molar-refractivity contribution in [3.05, 3.63) is 146 Å². The predicted molar refractivity (Wildman–Crippen MR) is 170 cm³/mol. The molecule has 4 aromatic carbocycles. The third-order valence-electron chi connectivity index (χ3n) is 9.44. The zero-order chi connectivity index (χ0) is 26.5. The Bertz CT molecular complexity index is 2010. The first-order valence-corrected chi connectivity index (χ1v) is 15.1. The van der Waals surface area contributed by atoms with E-state index in [2.05, 4.69) is 115 Å². The smallest absolute Gasteiger partial charge is 0.0136 e. The van der Waals surface area contributed by atoms with Gasteiger partial charge in [-0.05, 0) is 116 Å². The molecule has 0 radical (unpaired) electrons. The molecule has 0 fully saturated rings. The lowest BCUT2D eigenvalue weighted by atomic mass is 9.72. The standard InChI is InChI=1S/C40H34/c1-2-13-28(14-3-1)37-25-29-16-4-5-17-30(29)26-38(37)40-35-22-10-8-20-33(35)39(34-21-9-11-23-36(34)40)32-24-12-18-27-15-6-7-19-31(27)32/h1-4,6-8,10,13-16,18-23,26,37H,5,9,11-12,17,24-25H2. The fourth-order valence-corrected chi connectivity index (χ4v) is 7.65. The van der Waals surface area contributed by atoms with Crippen molar-refractivity contribution < 1.29 is 0 Å². The van der Waals surface area contributed by atoms with Crippen LogP contribution in [0.1, 0.15) is 67.6 Å². The number of benzene rings is 4. The van der Waals surface area contributed by atoms with Gasteiger partial charge in [-0.15, -0.1) is 0 Å². The minimum absolute atomic E-state index is 0.356. The van der Waals surface area contributed by atoms with Crippen LogP contribution in [-0.2, 0) is 0 Å². The fraction of sp³-hybridized carbons (Fsp3) is 0.200. The van der Waals surface area contributed by atoms with Crippen LogP contribution in [0.15, 0.2) is 108 Å². The van der Waals surface area contributed by atoms with E-state index in [0.717, 1.165) is 44.9 Å². The molecule has 40 heavy (non-hydrogen) atoms. The van der Waals surface area contributed by atoms with Gasteiger partial charge in [0.25, 0.3) is 0 Å². The highest BCUT2D eigenvalue weighted by molar-refractivity contribution is 6.02. The van der Waals surface area contributed by atoms with Gasteiger partial charge in [0.15, 0.2) is 0 Å². The Kier molecular flexibility index (Phi) is 5.80. The molecule has 0 N–H and O–H groups in total. The number of rotatable bonds is 3. The molecule has 4 aliphatic carbocycles. The van der Waals surface area contributed by atoms with Crippen molar-refractivity contribution in [1.29, 1.82) is 0 Å². The van der Waals surface area contributed by atoms with Crippen molar-refractivity contribution in [1.82, 2.24) is 0 Å². The second-order valence-corrected chi connectivity index (χ2v) is 11.7. The molecule has 4 aromatic rings. The number of hydrogen-bond acceptors (Lipinski definition) is 0. The van der Waals surface area contributed by atoms with E-state index in [1.165, 1.54) is 70.6 Å². The molecule has 0 bridgehead atoms. The van der Waals surface area contributed by atoms with Crippen molar-refractivity contribution in [3.8, 4) is 0 Å². The van der Waals surface area contributed by atoms with Gasteiger partial charge < -0.3 is 0 Å². The number of fused-ring (bicyclic) bond motifs is 3. The first kappa shape index (κ1) is 23.7. The second-order valence-electron chi connectivity index (χ2n) is 11.7. The van der Waals surface area contributed by atoms with E-state index >= 15 is 0 Å². The van der Waals surface area contributed by atoms with Crippen LogP contribution < -0.4 is 20.9 Å². The molecular weight excluding hydrogens is 480 g/mol. The van der Waals surface area contributed by atoms with Gasteiger partial charge in [-0.3, -0.25) is 0 Å². The third-order valence-corrected chi connectivity index (χ3v) is 9.44. The summed E-state index contributed by atoms with van der Waals surface area (Å²) in [5.74, 6) is 0.356. The molecule has 0 aliphatic heterocycles. The molecule has 4 aliphatic rings. The van der Waals surface area contributed by atoms with Gasteiger partial charge in [0.2, 0.25) is 0 Å². The minimum atomic E-state index is 0.356. The molecule has 0 spiro atoms. The monoisotopic (exact) mass is 514 g/mol. The van der Waals surface area contributed by atoms with E-state index < -0.39 is 0 Å². The normalized spacial score (nSPS) is 19.6. The zero-order valence-electron chi connectivity index (χ0n) is 23.0. The molecule has 0 amide bonds. The summed E-state index contributed by atoms with van der Waals surface area (Å²) in [6, 6.07) is 29.5. The topological polar surface area (TPSA) is 0 Å². The predicted octanol–water partition coefficient (Wildman–Crippen LogP) is 7.19. The molecule has 1 unspecified atom stereocenters. The summed E-state index contributed by atoms with van der Waals surface area (Å²) in [6.07, 6.45) is 22.7. The summed E-state index contributed by atoms with van der Waals surface area (Å²) in [4.78, 5) is 0. The SMILES string of the molecule is C1=CC2=C(C=C(c3c4c(c(C5=c6ccccc6=CCC5)c5ccccc35)=CCCC=4)C(c3ccccc3)C2)CC1. The highest BCUT2D eigenvalue weighted by Gasteiger charge is 2.29. The molecule has 194 valence electrons. The fourth-order valence-electron chi connectivity index (χ4n) is 7.65. The lowest BCUT2D eigenvalue weighted by molar-refractivity contribution is 0.807. The van der Waals surface area contributed by atoms with E-state index in [-0.39, 0.29) is 0 Å². The first-order chi connectivity index (χ1) is 19.9. The minimum Gasteiger partial charge on any atom is -0.0839 e. The Morgan fingerprint density at radius 1 is 0.575 bits per heavy atom. The maximum atomic E-state index is 2.59. The Morgan fingerprint density at radius 2 is 1.30 bits per heavy atom. The Balaban J connectivity index is 1.49. The average molecular weight is 515 g/mol. The second kappa shape index (κ2) is 9.79. The van der Waals surface area contributed by atoms with E-state index in [1.54, 1.807) is 0 Å². The summed E-state index contributed by atoms with van der Waals surface area (Å²) >= 11 is 0. The van der Waals surface area contributed by atoms with E-state index in [9.17, 15) is 0 Å². The Morgan fingerprint density at radius 3 is 2.15 bits per heavy atom. The molecule has 8 rings (SSSR count). The van der Waals surface area contributed by atoms with Gasteiger partial charge in [0, 0.05) is 5.92 Å². The van der Waals surface area contributed by atoms with Crippen LogP contribution in [0.5, 0.6) is 0 Å². The maximum Gasteiger partial charge on any atom is 0.0136 e. The molecule has 0 saturated carbocycles. The van der Waals surface area contributed by atoms with Gasteiger partial charge in [-0.2, -0.15) is 0 Å². The Labute approximate surface area is 236 Å². The summed E-state index contributed by atoms with van der Waals surface area (Å²) in [5, 5.41) is 8.53. The van der Waals surface area contributed by atoms with Crippen molar-refractivity contribution in [2.24, 2.45) is 0 Å². The van der Waals surface area contributed by atoms with Crippen molar-refractivity contribution in [3.63, 3.8) is 0 Å². The molecule has 0 aromatic heterocycles. The lowest BCUT2D eigenvalue weighted by Gasteiger charge is -2.31. The van der Waals surface area contributed by atoms with Gasteiger partial charge in [0.1, 0.15) is 0 Å². The van der Waals surface area contributed by atoms with Crippen LogP contribution in [0, 0.1) is 0 Å². The first-order valence-electron chi connectivity index (χ1n) is 15.1. The van der Waals surface area contributed by atoms with Crippen LogP contribution in [0.2, 0.25) is 0 Å². The summed E-state index contributed by atoms with van der Waals surface area (Å²) < 4.78 is 0.